The molecule has 1 fully saturated rings. The third-order valence-electron chi connectivity index (χ3n) is 3.98. The zero-order chi connectivity index (χ0) is 16.9. The lowest BCUT2D eigenvalue weighted by atomic mass is 9.97. The van der Waals surface area contributed by atoms with Crippen LogP contribution in [-0.2, 0) is 14.3 Å². The SMILES string of the molecule is CCOC(=O)C1(NC(=O)C(C)Sc2ccc(Cl)cc2)CCCC1. The Balaban J connectivity index is 2.00. The van der Waals surface area contributed by atoms with Crippen molar-refractivity contribution >= 4 is 35.2 Å². The third kappa shape index (κ3) is 4.64. The summed E-state index contributed by atoms with van der Waals surface area (Å²) >= 11 is 7.31. The molecule has 1 aromatic rings. The van der Waals surface area contributed by atoms with Gasteiger partial charge in [-0.2, -0.15) is 0 Å². The summed E-state index contributed by atoms with van der Waals surface area (Å²) in [5.41, 5.74) is -0.845. The number of hydrogen-bond donors (Lipinski definition) is 1. The lowest BCUT2D eigenvalue weighted by Gasteiger charge is -2.29. The van der Waals surface area contributed by atoms with E-state index < -0.39 is 5.54 Å². The van der Waals surface area contributed by atoms with Crippen LogP contribution in [0.2, 0.25) is 5.02 Å². The molecule has 1 N–H and O–H groups in total. The first-order valence-electron chi connectivity index (χ1n) is 7.88. The Morgan fingerprint density at radius 1 is 1.30 bits per heavy atom. The third-order valence-corrected chi connectivity index (χ3v) is 5.35. The summed E-state index contributed by atoms with van der Waals surface area (Å²) in [4.78, 5) is 25.7. The molecule has 4 nitrogen and oxygen atoms in total. The average Bonchev–Trinajstić information content (AvgIpc) is 2.99. The van der Waals surface area contributed by atoms with E-state index in [1.165, 1.54) is 11.8 Å². The second-order valence-electron chi connectivity index (χ2n) is 5.71. The van der Waals surface area contributed by atoms with E-state index in [-0.39, 0.29) is 17.1 Å². The second-order valence-corrected chi connectivity index (χ2v) is 7.56. The number of ether oxygens (including phenoxy) is 1. The Morgan fingerprint density at radius 3 is 2.48 bits per heavy atom. The Morgan fingerprint density at radius 2 is 1.91 bits per heavy atom. The van der Waals surface area contributed by atoms with Gasteiger partial charge in [-0.1, -0.05) is 24.4 Å². The molecule has 0 heterocycles. The molecule has 1 aliphatic rings. The Kier molecular flexibility index (Phi) is 6.36. The van der Waals surface area contributed by atoms with Gasteiger partial charge in [0.2, 0.25) is 5.91 Å². The molecule has 1 aromatic carbocycles. The molecule has 23 heavy (non-hydrogen) atoms. The molecule has 2 rings (SSSR count). The van der Waals surface area contributed by atoms with Gasteiger partial charge in [-0.05, 0) is 51.0 Å². The standard InChI is InChI=1S/C17H22ClNO3S/c1-3-22-16(21)17(10-4-5-11-17)19-15(20)12(2)23-14-8-6-13(18)7-9-14/h6-9,12H,3-5,10-11H2,1-2H3,(H,19,20). The number of hydrogen-bond acceptors (Lipinski definition) is 4. The van der Waals surface area contributed by atoms with E-state index in [0.717, 1.165) is 17.7 Å². The largest absolute Gasteiger partial charge is 0.464 e. The van der Waals surface area contributed by atoms with Gasteiger partial charge >= 0.3 is 5.97 Å². The monoisotopic (exact) mass is 355 g/mol. The number of halogens is 1. The van der Waals surface area contributed by atoms with Crippen LogP contribution in [0.15, 0.2) is 29.2 Å². The van der Waals surface area contributed by atoms with Gasteiger partial charge in [0, 0.05) is 9.92 Å². The predicted octanol–water partition coefficient (Wildman–Crippen LogP) is 3.81. The lowest BCUT2D eigenvalue weighted by molar-refractivity contribution is -0.153. The normalized spacial score (nSPS) is 17.5. The minimum atomic E-state index is -0.845. The summed E-state index contributed by atoms with van der Waals surface area (Å²) in [6, 6.07) is 7.36. The van der Waals surface area contributed by atoms with Gasteiger partial charge in [-0.15, -0.1) is 11.8 Å². The van der Waals surface area contributed by atoms with Gasteiger partial charge in [-0.3, -0.25) is 4.79 Å². The van der Waals surface area contributed by atoms with Crippen LogP contribution in [0.25, 0.3) is 0 Å². The average molecular weight is 356 g/mol. The van der Waals surface area contributed by atoms with Gasteiger partial charge in [0.15, 0.2) is 0 Å². The summed E-state index contributed by atoms with van der Waals surface area (Å²) in [7, 11) is 0. The molecule has 0 saturated heterocycles. The fraction of sp³-hybridized carbons (Fsp3) is 0.529. The molecule has 0 bridgehead atoms. The maximum atomic E-state index is 12.5. The Hall–Kier alpha value is -1.20. The topological polar surface area (TPSA) is 55.4 Å². The van der Waals surface area contributed by atoms with Crippen molar-refractivity contribution in [3.05, 3.63) is 29.3 Å². The first-order chi connectivity index (χ1) is 11.0. The van der Waals surface area contributed by atoms with Crippen LogP contribution in [0.1, 0.15) is 39.5 Å². The van der Waals surface area contributed by atoms with E-state index in [4.69, 9.17) is 16.3 Å². The van der Waals surface area contributed by atoms with Crippen molar-refractivity contribution in [3.8, 4) is 0 Å². The highest BCUT2D eigenvalue weighted by molar-refractivity contribution is 8.00. The number of thioether (sulfide) groups is 1. The fourth-order valence-corrected chi connectivity index (χ4v) is 3.73. The van der Waals surface area contributed by atoms with Crippen molar-refractivity contribution in [3.63, 3.8) is 0 Å². The lowest BCUT2D eigenvalue weighted by Crippen LogP contribution is -2.55. The quantitative estimate of drug-likeness (QED) is 0.622. The maximum Gasteiger partial charge on any atom is 0.331 e. The summed E-state index contributed by atoms with van der Waals surface area (Å²) in [5.74, 6) is -0.450. The molecular weight excluding hydrogens is 334 g/mol. The Labute approximate surface area is 146 Å². The number of benzene rings is 1. The molecule has 6 heteroatoms. The van der Waals surface area contributed by atoms with Gasteiger partial charge in [0.25, 0.3) is 0 Å². The minimum absolute atomic E-state index is 0.139. The molecule has 0 aliphatic heterocycles. The molecule has 126 valence electrons. The molecule has 1 saturated carbocycles. The van der Waals surface area contributed by atoms with E-state index in [1.54, 1.807) is 19.1 Å². The highest BCUT2D eigenvalue weighted by Crippen LogP contribution is 2.32. The predicted molar refractivity (Wildman–Crippen MR) is 92.7 cm³/mol. The summed E-state index contributed by atoms with van der Waals surface area (Å²) in [6.07, 6.45) is 3.15. The number of nitrogens with one attached hydrogen (secondary N) is 1. The van der Waals surface area contributed by atoms with Crippen molar-refractivity contribution in [1.82, 2.24) is 5.32 Å². The Bertz CT molecular complexity index is 555. The number of rotatable bonds is 6. The summed E-state index contributed by atoms with van der Waals surface area (Å²) in [5, 5.41) is 3.31. The molecule has 1 atom stereocenters. The molecule has 1 amide bonds. The highest BCUT2D eigenvalue weighted by Gasteiger charge is 2.44. The molecule has 0 radical (unpaired) electrons. The summed E-state index contributed by atoms with van der Waals surface area (Å²) in [6.45, 7) is 3.94. The number of amides is 1. The number of carbonyl (C=O) groups is 2. The molecule has 0 aromatic heterocycles. The van der Waals surface area contributed by atoms with Crippen LogP contribution in [-0.4, -0.2) is 29.3 Å². The highest BCUT2D eigenvalue weighted by atomic mass is 35.5. The fourth-order valence-electron chi connectivity index (χ4n) is 2.74. The molecule has 1 unspecified atom stereocenters. The van der Waals surface area contributed by atoms with Gasteiger partial charge in [-0.25, -0.2) is 4.79 Å². The zero-order valence-electron chi connectivity index (χ0n) is 13.4. The van der Waals surface area contributed by atoms with Crippen molar-refractivity contribution in [2.24, 2.45) is 0 Å². The van der Waals surface area contributed by atoms with Crippen LogP contribution in [0.3, 0.4) is 0 Å². The van der Waals surface area contributed by atoms with E-state index in [9.17, 15) is 9.59 Å². The number of esters is 1. The smallest absolute Gasteiger partial charge is 0.331 e. The van der Waals surface area contributed by atoms with Crippen LogP contribution in [0.5, 0.6) is 0 Å². The van der Waals surface area contributed by atoms with E-state index in [0.29, 0.717) is 24.5 Å². The van der Waals surface area contributed by atoms with Crippen LogP contribution >= 0.6 is 23.4 Å². The van der Waals surface area contributed by atoms with E-state index >= 15 is 0 Å². The van der Waals surface area contributed by atoms with Gasteiger partial charge in [0.05, 0.1) is 11.9 Å². The molecular formula is C17H22ClNO3S. The zero-order valence-corrected chi connectivity index (χ0v) is 15.0. The van der Waals surface area contributed by atoms with E-state index in [2.05, 4.69) is 5.32 Å². The van der Waals surface area contributed by atoms with Crippen molar-refractivity contribution < 1.29 is 14.3 Å². The number of carbonyl (C=O) groups excluding carboxylic acids is 2. The van der Waals surface area contributed by atoms with Crippen molar-refractivity contribution in [2.75, 3.05) is 6.61 Å². The maximum absolute atomic E-state index is 12.5. The van der Waals surface area contributed by atoms with Crippen molar-refractivity contribution in [2.45, 2.75) is 55.2 Å². The second kappa shape index (κ2) is 8.06. The van der Waals surface area contributed by atoms with Crippen LogP contribution < -0.4 is 5.32 Å². The van der Waals surface area contributed by atoms with Crippen molar-refractivity contribution in [1.29, 1.82) is 0 Å². The minimum Gasteiger partial charge on any atom is -0.464 e. The molecule has 1 aliphatic carbocycles. The van der Waals surface area contributed by atoms with E-state index in [1.807, 2.05) is 19.1 Å². The first-order valence-corrected chi connectivity index (χ1v) is 9.14. The van der Waals surface area contributed by atoms with Crippen LogP contribution in [0, 0.1) is 0 Å². The first kappa shape index (κ1) is 18.1. The van der Waals surface area contributed by atoms with Gasteiger partial charge < -0.3 is 10.1 Å². The van der Waals surface area contributed by atoms with Crippen LogP contribution in [0.4, 0.5) is 0 Å². The van der Waals surface area contributed by atoms with Gasteiger partial charge in [0.1, 0.15) is 5.54 Å². The summed E-state index contributed by atoms with van der Waals surface area (Å²) < 4.78 is 5.17. The molecule has 0 spiro atoms.